The first-order chi connectivity index (χ1) is 12.6. The summed E-state index contributed by atoms with van der Waals surface area (Å²) in [6, 6.07) is 10.6. The lowest BCUT2D eigenvalue weighted by Gasteiger charge is -2.10. The molecule has 1 amide bonds. The Morgan fingerprint density at radius 1 is 1.08 bits per heavy atom. The number of hydrogen-bond acceptors (Lipinski definition) is 3. The molecule has 2 aromatic rings. The van der Waals surface area contributed by atoms with Crippen molar-refractivity contribution in [2.24, 2.45) is 0 Å². The Morgan fingerprint density at radius 2 is 1.88 bits per heavy atom. The van der Waals surface area contributed by atoms with Crippen molar-refractivity contribution in [1.82, 2.24) is 5.32 Å². The second kappa shape index (κ2) is 9.03. The van der Waals surface area contributed by atoms with E-state index < -0.39 is 0 Å². The molecule has 0 spiro atoms. The van der Waals surface area contributed by atoms with E-state index in [4.69, 9.17) is 9.47 Å². The Labute approximate surface area is 160 Å². The lowest BCUT2D eigenvalue weighted by atomic mass is 10.1. The average molecular weight is 422 g/mol. The second-order valence-corrected chi connectivity index (χ2v) is 7.08. The first-order valence-corrected chi connectivity index (χ1v) is 9.50. The van der Waals surface area contributed by atoms with Gasteiger partial charge in [0.15, 0.2) is 11.5 Å². The van der Waals surface area contributed by atoms with Crippen LogP contribution in [-0.2, 0) is 17.6 Å². The number of ether oxygens (including phenoxy) is 2. The second-order valence-electron chi connectivity index (χ2n) is 6.17. The van der Waals surface area contributed by atoms with E-state index in [0.717, 1.165) is 28.0 Å². The molecule has 6 heteroatoms. The monoisotopic (exact) mass is 421 g/mol. The van der Waals surface area contributed by atoms with Gasteiger partial charge in [0.05, 0.1) is 13.2 Å². The van der Waals surface area contributed by atoms with Crippen molar-refractivity contribution in [2.75, 3.05) is 19.8 Å². The van der Waals surface area contributed by atoms with Crippen LogP contribution in [0.15, 0.2) is 40.9 Å². The number of halogens is 2. The molecule has 0 atom stereocenters. The molecule has 26 heavy (non-hydrogen) atoms. The van der Waals surface area contributed by atoms with Gasteiger partial charge >= 0.3 is 0 Å². The van der Waals surface area contributed by atoms with Crippen molar-refractivity contribution in [3.05, 3.63) is 57.8 Å². The number of aryl methyl sites for hydroxylation is 1. The number of benzene rings is 2. The van der Waals surface area contributed by atoms with Gasteiger partial charge in [-0.05, 0) is 54.3 Å². The van der Waals surface area contributed by atoms with E-state index in [1.807, 2.05) is 18.2 Å². The summed E-state index contributed by atoms with van der Waals surface area (Å²) in [4.78, 5) is 12.0. The van der Waals surface area contributed by atoms with Gasteiger partial charge in [-0.3, -0.25) is 4.79 Å². The summed E-state index contributed by atoms with van der Waals surface area (Å²) in [5.41, 5.74) is 1.62. The van der Waals surface area contributed by atoms with Gasteiger partial charge in [0.25, 0.3) is 0 Å². The lowest BCUT2D eigenvalue weighted by molar-refractivity contribution is -0.121. The normalized spacial score (nSPS) is 13.2. The molecule has 0 bridgehead atoms. The fourth-order valence-electron chi connectivity index (χ4n) is 2.78. The minimum Gasteiger partial charge on any atom is -0.490 e. The van der Waals surface area contributed by atoms with Gasteiger partial charge in [-0.2, -0.15) is 0 Å². The average Bonchev–Trinajstić information content (AvgIpc) is 2.87. The summed E-state index contributed by atoms with van der Waals surface area (Å²) >= 11 is 3.33. The summed E-state index contributed by atoms with van der Waals surface area (Å²) in [6.45, 7) is 1.71. The van der Waals surface area contributed by atoms with E-state index in [1.54, 1.807) is 12.1 Å². The zero-order chi connectivity index (χ0) is 18.4. The topological polar surface area (TPSA) is 47.6 Å². The Kier molecular flexibility index (Phi) is 6.50. The molecule has 0 unspecified atom stereocenters. The first-order valence-electron chi connectivity index (χ1n) is 8.71. The van der Waals surface area contributed by atoms with Gasteiger partial charge < -0.3 is 14.8 Å². The van der Waals surface area contributed by atoms with Gasteiger partial charge in [-0.25, -0.2) is 4.39 Å². The molecule has 1 N–H and O–H groups in total. The number of nitrogens with one attached hydrogen (secondary N) is 1. The van der Waals surface area contributed by atoms with E-state index >= 15 is 0 Å². The van der Waals surface area contributed by atoms with Crippen molar-refractivity contribution in [3.63, 3.8) is 0 Å². The maximum Gasteiger partial charge on any atom is 0.220 e. The highest BCUT2D eigenvalue weighted by Gasteiger charge is 2.11. The SMILES string of the molecule is O=C(CCc1ccc2c(c1)OCCCO2)NCCc1cc(Br)ccc1F. The Bertz CT molecular complexity index is 782. The zero-order valence-corrected chi connectivity index (χ0v) is 16.0. The maximum absolute atomic E-state index is 13.7. The molecule has 0 aromatic heterocycles. The molecule has 1 heterocycles. The number of rotatable bonds is 6. The molecule has 0 saturated carbocycles. The molecule has 138 valence electrons. The van der Waals surface area contributed by atoms with Gasteiger partial charge in [0.1, 0.15) is 5.82 Å². The molecule has 0 fully saturated rings. The van der Waals surface area contributed by atoms with Crippen LogP contribution >= 0.6 is 15.9 Å². The Balaban J connectivity index is 1.45. The van der Waals surface area contributed by atoms with Gasteiger partial charge in [0, 0.05) is 23.9 Å². The molecular weight excluding hydrogens is 401 g/mol. The molecule has 3 rings (SSSR count). The first kappa shape index (κ1) is 18.7. The summed E-state index contributed by atoms with van der Waals surface area (Å²) < 4.78 is 25.8. The van der Waals surface area contributed by atoms with E-state index in [1.165, 1.54) is 6.07 Å². The predicted octanol–water partition coefficient (Wildman–Crippen LogP) is 4.04. The smallest absolute Gasteiger partial charge is 0.220 e. The molecule has 1 aliphatic heterocycles. The quantitative estimate of drug-likeness (QED) is 0.765. The van der Waals surface area contributed by atoms with E-state index in [9.17, 15) is 9.18 Å². The van der Waals surface area contributed by atoms with Crippen molar-refractivity contribution in [3.8, 4) is 11.5 Å². The van der Waals surface area contributed by atoms with Crippen LogP contribution in [0.4, 0.5) is 4.39 Å². The highest BCUT2D eigenvalue weighted by atomic mass is 79.9. The fourth-order valence-corrected chi connectivity index (χ4v) is 3.19. The molecule has 0 aliphatic carbocycles. The van der Waals surface area contributed by atoms with Crippen LogP contribution in [0.25, 0.3) is 0 Å². The van der Waals surface area contributed by atoms with E-state index in [2.05, 4.69) is 21.2 Å². The third kappa shape index (κ3) is 5.21. The minimum atomic E-state index is -0.255. The number of hydrogen-bond donors (Lipinski definition) is 1. The lowest BCUT2D eigenvalue weighted by Crippen LogP contribution is -2.26. The molecule has 0 saturated heterocycles. The van der Waals surface area contributed by atoms with Crippen LogP contribution in [0.3, 0.4) is 0 Å². The van der Waals surface area contributed by atoms with Crippen molar-refractivity contribution < 1.29 is 18.7 Å². The largest absolute Gasteiger partial charge is 0.490 e. The fraction of sp³-hybridized carbons (Fsp3) is 0.350. The third-order valence-corrected chi connectivity index (χ3v) is 4.67. The molecular formula is C20H21BrFNO3. The molecule has 0 radical (unpaired) electrons. The predicted molar refractivity (Wildman–Crippen MR) is 101 cm³/mol. The van der Waals surface area contributed by atoms with Crippen LogP contribution in [0.2, 0.25) is 0 Å². The summed E-state index contributed by atoms with van der Waals surface area (Å²) in [5, 5.41) is 2.84. The number of carbonyl (C=O) groups is 1. The standard InChI is InChI=1S/C20H21BrFNO3/c21-16-4-5-17(22)15(13-16)8-9-23-20(24)7-3-14-2-6-18-19(12-14)26-11-1-10-25-18/h2,4-6,12-13H,1,3,7-11H2,(H,23,24). The van der Waals surface area contributed by atoms with Crippen LogP contribution in [0, 0.1) is 5.82 Å². The highest BCUT2D eigenvalue weighted by molar-refractivity contribution is 9.10. The van der Waals surface area contributed by atoms with Crippen LogP contribution in [0.1, 0.15) is 24.0 Å². The molecule has 1 aliphatic rings. The Hall–Kier alpha value is -2.08. The zero-order valence-electron chi connectivity index (χ0n) is 14.4. The summed E-state index contributed by atoms with van der Waals surface area (Å²) in [7, 11) is 0. The summed E-state index contributed by atoms with van der Waals surface area (Å²) in [5.74, 6) is 1.19. The van der Waals surface area contributed by atoms with Crippen molar-refractivity contribution >= 4 is 21.8 Å². The third-order valence-electron chi connectivity index (χ3n) is 4.18. The van der Waals surface area contributed by atoms with E-state index in [0.29, 0.717) is 44.6 Å². The molecule has 4 nitrogen and oxygen atoms in total. The van der Waals surface area contributed by atoms with Crippen molar-refractivity contribution in [1.29, 1.82) is 0 Å². The minimum absolute atomic E-state index is 0.0486. The number of carbonyl (C=O) groups excluding carboxylic acids is 1. The highest BCUT2D eigenvalue weighted by Crippen LogP contribution is 2.30. The van der Waals surface area contributed by atoms with Crippen LogP contribution in [0.5, 0.6) is 11.5 Å². The van der Waals surface area contributed by atoms with Gasteiger partial charge in [-0.1, -0.05) is 22.0 Å². The van der Waals surface area contributed by atoms with Gasteiger partial charge in [0.2, 0.25) is 5.91 Å². The molecule has 2 aromatic carbocycles. The van der Waals surface area contributed by atoms with Gasteiger partial charge in [-0.15, -0.1) is 0 Å². The van der Waals surface area contributed by atoms with Crippen LogP contribution in [-0.4, -0.2) is 25.7 Å². The Morgan fingerprint density at radius 3 is 2.73 bits per heavy atom. The van der Waals surface area contributed by atoms with Crippen LogP contribution < -0.4 is 14.8 Å². The van der Waals surface area contributed by atoms with Crippen molar-refractivity contribution in [2.45, 2.75) is 25.7 Å². The number of fused-ring (bicyclic) bond motifs is 1. The van der Waals surface area contributed by atoms with E-state index in [-0.39, 0.29) is 11.7 Å². The maximum atomic E-state index is 13.7. The number of amides is 1. The summed E-state index contributed by atoms with van der Waals surface area (Å²) in [6.07, 6.45) is 2.32.